The molecule has 0 fully saturated rings. The fraction of sp³-hybridized carbons (Fsp3) is 0.389. The predicted molar refractivity (Wildman–Crippen MR) is 90.3 cm³/mol. The molecule has 2 aromatic rings. The molecular formula is C18H20O7. The maximum atomic E-state index is 12.3. The molecule has 1 atom stereocenters. The quantitative estimate of drug-likeness (QED) is 0.560. The lowest BCUT2D eigenvalue weighted by atomic mass is 9.91. The number of rotatable bonds is 7. The highest BCUT2D eigenvalue weighted by Crippen LogP contribution is 2.38. The van der Waals surface area contributed by atoms with E-state index in [1.807, 2.05) is 0 Å². The van der Waals surface area contributed by atoms with Crippen molar-refractivity contribution in [2.45, 2.75) is 26.2 Å². The number of hydrogen-bond acceptors (Lipinski definition) is 7. The lowest BCUT2D eigenvalue weighted by Crippen LogP contribution is -2.20. The third-order valence-corrected chi connectivity index (χ3v) is 3.73. The monoisotopic (exact) mass is 348 g/mol. The lowest BCUT2D eigenvalue weighted by Gasteiger charge is -2.17. The van der Waals surface area contributed by atoms with Crippen molar-refractivity contribution < 1.29 is 28.2 Å². The highest BCUT2D eigenvalue weighted by Gasteiger charge is 2.28. The Labute approximate surface area is 144 Å². The molecule has 0 saturated carbocycles. The Hall–Kier alpha value is -2.83. The standard InChI is InChI=1S/C18H20O7/c1-5-24-18(21)13(8-10(2)19)12-9-15(20)25-16-11(12)6-7-14(22-3)17(16)23-4/h6-7,9,13H,5,8H2,1-4H3/t13-/m1/s1. The minimum atomic E-state index is -0.901. The maximum Gasteiger partial charge on any atom is 0.336 e. The van der Waals surface area contributed by atoms with E-state index in [0.29, 0.717) is 16.7 Å². The summed E-state index contributed by atoms with van der Waals surface area (Å²) in [6, 6.07) is 4.50. The van der Waals surface area contributed by atoms with Crippen molar-refractivity contribution >= 4 is 22.7 Å². The number of carbonyl (C=O) groups is 2. The molecule has 0 amide bonds. The number of hydrogen-bond donors (Lipinski definition) is 0. The summed E-state index contributed by atoms with van der Waals surface area (Å²) < 4.78 is 20.8. The number of benzene rings is 1. The molecule has 1 aromatic heterocycles. The van der Waals surface area contributed by atoms with Crippen LogP contribution in [-0.4, -0.2) is 32.6 Å². The van der Waals surface area contributed by atoms with Crippen LogP contribution in [0.3, 0.4) is 0 Å². The third kappa shape index (κ3) is 3.81. The van der Waals surface area contributed by atoms with Crippen LogP contribution in [0.15, 0.2) is 27.4 Å². The summed E-state index contributed by atoms with van der Waals surface area (Å²) in [6.07, 6.45) is -0.0776. The zero-order valence-corrected chi connectivity index (χ0v) is 14.6. The van der Waals surface area contributed by atoms with E-state index in [0.717, 1.165) is 0 Å². The third-order valence-electron chi connectivity index (χ3n) is 3.73. The van der Waals surface area contributed by atoms with Crippen molar-refractivity contribution in [3.63, 3.8) is 0 Å². The van der Waals surface area contributed by atoms with Gasteiger partial charge in [0.1, 0.15) is 5.78 Å². The molecule has 0 N–H and O–H groups in total. The van der Waals surface area contributed by atoms with Gasteiger partial charge in [0.2, 0.25) is 5.75 Å². The first-order valence-electron chi connectivity index (χ1n) is 7.77. The van der Waals surface area contributed by atoms with Crippen LogP contribution in [0.1, 0.15) is 31.7 Å². The normalized spacial score (nSPS) is 11.8. The number of carbonyl (C=O) groups excluding carboxylic acids is 2. The van der Waals surface area contributed by atoms with E-state index in [1.165, 1.54) is 27.2 Å². The number of ketones is 1. The Bertz CT molecular complexity index is 850. The number of ether oxygens (including phenoxy) is 3. The summed E-state index contributed by atoms with van der Waals surface area (Å²) in [6.45, 7) is 3.22. The van der Waals surface area contributed by atoms with Crippen LogP contribution in [-0.2, 0) is 14.3 Å². The van der Waals surface area contributed by atoms with Crippen molar-refractivity contribution in [1.29, 1.82) is 0 Å². The molecule has 0 aliphatic carbocycles. The Balaban J connectivity index is 2.76. The smallest absolute Gasteiger partial charge is 0.336 e. The van der Waals surface area contributed by atoms with Crippen LogP contribution in [0, 0.1) is 0 Å². The fourth-order valence-electron chi connectivity index (χ4n) is 2.70. The first-order valence-corrected chi connectivity index (χ1v) is 7.77. The number of fused-ring (bicyclic) bond motifs is 1. The molecule has 0 aliphatic heterocycles. The molecule has 134 valence electrons. The van der Waals surface area contributed by atoms with Crippen LogP contribution < -0.4 is 15.1 Å². The van der Waals surface area contributed by atoms with Crippen molar-refractivity contribution in [3.8, 4) is 11.5 Å². The minimum Gasteiger partial charge on any atom is -0.493 e. The Kier molecular flexibility index (Phi) is 5.80. The van der Waals surface area contributed by atoms with Crippen LogP contribution in [0.25, 0.3) is 11.0 Å². The molecular weight excluding hydrogens is 328 g/mol. The molecule has 2 rings (SSSR count). The summed E-state index contributed by atoms with van der Waals surface area (Å²) >= 11 is 0. The lowest BCUT2D eigenvalue weighted by molar-refractivity contribution is -0.146. The van der Waals surface area contributed by atoms with E-state index < -0.39 is 17.5 Å². The van der Waals surface area contributed by atoms with Gasteiger partial charge in [-0.1, -0.05) is 0 Å². The second-order valence-electron chi connectivity index (χ2n) is 5.41. The summed E-state index contributed by atoms with van der Waals surface area (Å²) in [4.78, 5) is 36.0. The molecule has 0 spiro atoms. The second kappa shape index (κ2) is 7.83. The molecule has 25 heavy (non-hydrogen) atoms. The first-order chi connectivity index (χ1) is 11.9. The van der Waals surface area contributed by atoms with Gasteiger partial charge in [0.25, 0.3) is 0 Å². The van der Waals surface area contributed by atoms with Crippen molar-refractivity contribution in [1.82, 2.24) is 0 Å². The molecule has 7 nitrogen and oxygen atoms in total. The molecule has 0 unspecified atom stereocenters. The highest BCUT2D eigenvalue weighted by molar-refractivity contribution is 5.94. The molecule has 0 bridgehead atoms. The zero-order valence-electron chi connectivity index (χ0n) is 14.6. The van der Waals surface area contributed by atoms with E-state index >= 15 is 0 Å². The first kappa shape index (κ1) is 18.5. The SMILES string of the molecule is CCOC(=O)[C@H](CC(C)=O)c1cc(=O)oc2c(OC)c(OC)ccc12. The van der Waals surface area contributed by atoms with Gasteiger partial charge in [-0.05, 0) is 31.5 Å². The van der Waals surface area contributed by atoms with Gasteiger partial charge in [-0.2, -0.15) is 0 Å². The average molecular weight is 348 g/mol. The van der Waals surface area contributed by atoms with E-state index in [9.17, 15) is 14.4 Å². The van der Waals surface area contributed by atoms with Gasteiger partial charge < -0.3 is 18.6 Å². The summed E-state index contributed by atoms with van der Waals surface area (Å²) in [5.74, 6) is -1.04. The molecule has 7 heteroatoms. The summed E-state index contributed by atoms with van der Waals surface area (Å²) in [5, 5.41) is 0.483. The van der Waals surface area contributed by atoms with Crippen molar-refractivity contribution in [2.75, 3.05) is 20.8 Å². The van der Waals surface area contributed by atoms with Crippen LogP contribution in [0.4, 0.5) is 0 Å². The summed E-state index contributed by atoms with van der Waals surface area (Å²) in [5.41, 5.74) is -0.144. The maximum absolute atomic E-state index is 12.3. The van der Waals surface area contributed by atoms with Crippen molar-refractivity contribution in [3.05, 3.63) is 34.2 Å². The van der Waals surface area contributed by atoms with Crippen molar-refractivity contribution in [2.24, 2.45) is 0 Å². The minimum absolute atomic E-state index is 0.0776. The van der Waals surface area contributed by atoms with Gasteiger partial charge in [0.15, 0.2) is 11.3 Å². The van der Waals surface area contributed by atoms with E-state index in [2.05, 4.69) is 0 Å². The van der Waals surface area contributed by atoms with E-state index in [1.54, 1.807) is 19.1 Å². The van der Waals surface area contributed by atoms with Crippen LogP contribution in [0.5, 0.6) is 11.5 Å². The van der Waals surface area contributed by atoms with Gasteiger partial charge in [0, 0.05) is 17.9 Å². The topological polar surface area (TPSA) is 92.0 Å². The Morgan fingerprint density at radius 3 is 2.48 bits per heavy atom. The average Bonchev–Trinajstić information content (AvgIpc) is 2.57. The molecule has 0 aliphatic rings. The largest absolute Gasteiger partial charge is 0.493 e. The van der Waals surface area contributed by atoms with Gasteiger partial charge >= 0.3 is 11.6 Å². The van der Waals surface area contributed by atoms with Crippen LogP contribution >= 0.6 is 0 Å². The highest BCUT2D eigenvalue weighted by atomic mass is 16.5. The summed E-state index contributed by atoms with van der Waals surface area (Å²) in [7, 11) is 2.88. The van der Waals surface area contributed by atoms with Gasteiger partial charge in [0.05, 0.1) is 26.7 Å². The molecule has 0 radical (unpaired) electrons. The number of Topliss-reactive ketones (excluding diaryl/α,β-unsaturated/α-hetero) is 1. The Morgan fingerprint density at radius 1 is 1.20 bits per heavy atom. The molecule has 0 saturated heterocycles. The zero-order chi connectivity index (χ0) is 18.6. The number of esters is 1. The molecule has 1 heterocycles. The van der Waals surface area contributed by atoms with Gasteiger partial charge in [-0.3, -0.25) is 9.59 Å². The Morgan fingerprint density at radius 2 is 1.92 bits per heavy atom. The van der Waals surface area contributed by atoms with E-state index in [4.69, 9.17) is 18.6 Å². The van der Waals surface area contributed by atoms with Gasteiger partial charge in [-0.15, -0.1) is 0 Å². The predicted octanol–water partition coefficient (Wildman–Crippen LogP) is 2.44. The van der Waals surface area contributed by atoms with Crippen LogP contribution in [0.2, 0.25) is 0 Å². The second-order valence-corrected chi connectivity index (χ2v) is 5.41. The number of methoxy groups -OCH3 is 2. The van der Waals surface area contributed by atoms with E-state index in [-0.39, 0.29) is 30.1 Å². The fourth-order valence-corrected chi connectivity index (χ4v) is 2.70. The van der Waals surface area contributed by atoms with Gasteiger partial charge in [-0.25, -0.2) is 4.79 Å². The molecule has 1 aromatic carbocycles.